The molecule has 4 nitrogen and oxygen atoms in total. The fraction of sp³-hybridized carbons (Fsp3) is 0.455. The summed E-state index contributed by atoms with van der Waals surface area (Å²) >= 11 is 0. The Morgan fingerprint density at radius 2 is 2.27 bits per heavy atom. The highest BCUT2D eigenvalue weighted by atomic mass is 16.3. The number of aliphatic hydroxyl groups is 1. The van der Waals surface area contributed by atoms with Gasteiger partial charge < -0.3 is 10.4 Å². The van der Waals surface area contributed by atoms with Gasteiger partial charge in [-0.2, -0.15) is 0 Å². The van der Waals surface area contributed by atoms with Gasteiger partial charge in [0, 0.05) is 17.9 Å². The molecule has 1 aromatic rings. The van der Waals surface area contributed by atoms with Crippen molar-refractivity contribution in [2.24, 2.45) is 0 Å². The molecule has 1 heterocycles. The molecule has 1 aliphatic rings. The van der Waals surface area contributed by atoms with E-state index in [2.05, 4.69) is 10.3 Å². The maximum absolute atomic E-state index is 11.6. The zero-order chi connectivity index (χ0) is 10.8. The monoisotopic (exact) mass is 206 g/mol. The summed E-state index contributed by atoms with van der Waals surface area (Å²) in [5, 5.41) is 11.9. The topological polar surface area (TPSA) is 62.2 Å². The lowest BCUT2D eigenvalue weighted by molar-refractivity contribution is 0.0562. The van der Waals surface area contributed by atoms with E-state index in [1.807, 2.05) is 13.0 Å². The van der Waals surface area contributed by atoms with Crippen molar-refractivity contribution >= 4 is 5.91 Å². The molecule has 1 saturated carbocycles. The van der Waals surface area contributed by atoms with E-state index >= 15 is 0 Å². The zero-order valence-corrected chi connectivity index (χ0v) is 8.60. The number of hydrogen-bond donors (Lipinski definition) is 2. The summed E-state index contributed by atoms with van der Waals surface area (Å²) in [7, 11) is 0. The first-order valence-corrected chi connectivity index (χ1v) is 5.07. The number of pyridine rings is 1. The van der Waals surface area contributed by atoms with E-state index in [0.29, 0.717) is 18.4 Å². The van der Waals surface area contributed by atoms with Gasteiger partial charge in [0.1, 0.15) is 0 Å². The first-order chi connectivity index (χ1) is 7.15. The molecule has 15 heavy (non-hydrogen) atoms. The lowest BCUT2D eigenvalue weighted by Gasteiger charge is -2.31. The summed E-state index contributed by atoms with van der Waals surface area (Å²) < 4.78 is 0. The number of rotatable bonds is 2. The van der Waals surface area contributed by atoms with Crippen LogP contribution in [0.4, 0.5) is 0 Å². The molecule has 1 aromatic heterocycles. The lowest BCUT2D eigenvalue weighted by Crippen LogP contribution is -2.46. The maximum atomic E-state index is 11.6. The van der Waals surface area contributed by atoms with Crippen molar-refractivity contribution in [1.82, 2.24) is 10.3 Å². The van der Waals surface area contributed by atoms with Crippen LogP contribution in [-0.4, -0.2) is 28.1 Å². The molecule has 2 rings (SSSR count). The molecule has 1 fully saturated rings. The van der Waals surface area contributed by atoms with Crippen LogP contribution < -0.4 is 5.32 Å². The lowest BCUT2D eigenvalue weighted by atomic mass is 9.89. The second kappa shape index (κ2) is 3.98. The van der Waals surface area contributed by atoms with E-state index < -0.39 is 0 Å². The van der Waals surface area contributed by atoms with Crippen molar-refractivity contribution < 1.29 is 9.90 Å². The van der Waals surface area contributed by atoms with Crippen LogP contribution in [0, 0.1) is 6.92 Å². The van der Waals surface area contributed by atoms with Crippen molar-refractivity contribution in [3.8, 4) is 0 Å². The predicted molar refractivity (Wildman–Crippen MR) is 55.5 cm³/mol. The number of amides is 1. The van der Waals surface area contributed by atoms with Crippen molar-refractivity contribution in [3.63, 3.8) is 0 Å². The minimum Gasteiger partial charge on any atom is -0.393 e. The third kappa shape index (κ3) is 2.33. The van der Waals surface area contributed by atoms with Gasteiger partial charge in [0.15, 0.2) is 0 Å². The minimum absolute atomic E-state index is 0.112. The normalized spacial score (nSPS) is 24.4. The number of aliphatic hydroxyl groups excluding tert-OH is 1. The third-order valence-electron chi connectivity index (χ3n) is 2.62. The first kappa shape index (κ1) is 10.1. The SMILES string of the molecule is Cc1ccc(C(=O)NC2CC(O)C2)cn1. The molecule has 1 amide bonds. The first-order valence-electron chi connectivity index (χ1n) is 5.07. The fourth-order valence-electron chi connectivity index (χ4n) is 1.58. The number of hydrogen-bond acceptors (Lipinski definition) is 3. The van der Waals surface area contributed by atoms with Gasteiger partial charge in [-0.1, -0.05) is 0 Å². The van der Waals surface area contributed by atoms with Gasteiger partial charge in [0.25, 0.3) is 5.91 Å². The summed E-state index contributed by atoms with van der Waals surface area (Å²) in [6.07, 6.45) is 2.64. The Bertz CT molecular complexity index is 355. The van der Waals surface area contributed by atoms with Crippen LogP contribution in [0.25, 0.3) is 0 Å². The minimum atomic E-state index is -0.244. The van der Waals surface area contributed by atoms with Gasteiger partial charge in [-0.15, -0.1) is 0 Å². The van der Waals surface area contributed by atoms with Crippen molar-refractivity contribution in [1.29, 1.82) is 0 Å². The largest absolute Gasteiger partial charge is 0.393 e. The molecule has 0 unspecified atom stereocenters. The Morgan fingerprint density at radius 3 is 2.80 bits per heavy atom. The Balaban J connectivity index is 1.93. The quantitative estimate of drug-likeness (QED) is 0.746. The average molecular weight is 206 g/mol. The number of aromatic nitrogens is 1. The fourth-order valence-corrected chi connectivity index (χ4v) is 1.58. The highest BCUT2D eigenvalue weighted by molar-refractivity contribution is 5.94. The number of carbonyl (C=O) groups excluding carboxylic acids is 1. The standard InChI is InChI=1S/C11H14N2O2/c1-7-2-3-8(6-12-7)11(15)13-9-4-10(14)5-9/h2-3,6,9-10,14H,4-5H2,1H3,(H,13,15). The Hall–Kier alpha value is -1.42. The van der Waals surface area contributed by atoms with Crippen LogP contribution in [0.1, 0.15) is 28.9 Å². The molecule has 4 heteroatoms. The smallest absolute Gasteiger partial charge is 0.253 e. The van der Waals surface area contributed by atoms with Crippen LogP contribution >= 0.6 is 0 Å². The van der Waals surface area contributed by atoms with Crippen LogP contribution in [0.5, 0.6) is 0 Å². The number of carbonyl (C=O) groups is 1. The van der Waals surface area contributed by atoms with Crippen LogP contribution in [0.3, 0.4) is 0 Å². The van der Waals surface area contributed by atoms with Crippen molar-refractivity contribution in [2.45, 2.75) is 31.9 Å². The number of nitrogens with zero attached hydrogens (tertiary/aromatic N) is 1. The van der Waals surface area contributed by atoms with Crippen LogP contribution in [0.2, 0.25) is 0 Å². The van der Waals surface area contributed by atoms with Gasteiger partial charge in [-0.05, 0) is 31.9 Å². The Morgan fingerprint density at radius 1 is 1.53 bits per heavy atom. The third-order valence-corrected chi connectivity index (χ3v) is 2.62. The van der Waals surface area contributed by atoms with Crippen molar-refractivity contribution in [2.75, 3.05) is 0 Å². The Labute approximate surface area is 88.3 Å². The van der Waals surface area contributed by atoms with E-state index in [9.17, 15) is 4.79 Å². The van der Waals surface area contributed by atoms with E-state index in [1.54, 1.807) is 12.3 Å². The molecule has 0 bridgehead atoms. The molecular formula is C11H14N2O2. The van der Waals surface area contributed by atoms with Gasteiger partial charge in [-0.25, -0.2) is 0 Å². The highest BCUT2D eigenvalue weighted by Crippen LogP contribution is 2.19. The summed E-state index contributed by atoms with van der Waals surface area (Å²) in [6.45, 7) is 1.88. The molecule has 2 N–H and O–H groups in total. The summed E-state index contributed by atoms with van der Waals surface area (Å²) in [4.78, 5) is 15.7. The molecule has 0 aromatic carbocycles. The molecule has 0 aliphatic heterocycles. The zero-order valence-electron chi connectivity index (χ0n) is 8.60. The number of aryl methyl sites for hydroxylation is 1. The molecule has 0 atom stereocenters. The van der Waals surface area contributed by atoms with Crippen LogP contribution in [-0.2, 0) is 0 Å². The van der Waals surface area contributed by atoms with Gasteiger partial charge >= 0.3 is 0 Å². The molecule has 0 radical (unpaired) electrons. The predicted octanol–water partition coefficient (Wildman–Crippen LogP) is 0.643. The average Bonchev–Trinajstić information content (AvgIpc) is 2.16. The van der Waals surface area contributed by atoms with E-state index in [-0.39, 0.29) is 18.1 Å². The molecular weight excluding hydrogens is 192 g/mol. The second-order valence-corrected chi connectivity index (χ2v) is 3.98. The molecule has 80 valence electrons. The van der Waals surface area contributed by atoms with Crippen LogP contribution in [0.15, 0.2) is 18.3 Å². The van der Waals surface area contributed by atoms with Gasteiger partial charge in [0.2, 0.25) is 0 Å². The summed E-state index contributed by atoms with van der Waals surface area (Å²) in [6, 6.07) is 3.69. The van der Waals surface area contributed by atoms with E-state index in [4.69, 9.17) is 5.11 Å². The molecule has 0 saturated heterocycles. The molecule has 1 aliphatic carbocycles. The highest BCUT2D eigenvalue weighted by Gasteiger charge is 2.28. The summed E-state index contributed by atoms with van der Waals surface area (Å²) in [5.41, 5.74) is 1.47. The summed E-state index contributed by atoms with van der Waals surface area (Å²) in [5.74, 6) is -0.112. The van der Waals surface area contributed by atoms with E-state index in [1.165, 1.54) is 0 Å². The number of nitrogens with one attached hydrogen (secondary N) is 1. The Kier molecular flexibility index (Phi) is 2.68. The van der Waals surface area contributed by atoms with Gasteiger partial charge in [-0.3, -0.25) is 9.78 Å². The molecule has 0 spiro atoms. The second-order valence-electron chi connectivity index (χ2n) is 3.98. The van der Waals surface area contributed by atoms with E-state index in [0.717, 1.165) is 5.69 Å². The maximum Gasteiger partial charge on any atom is 0.253 e. The van der Waals surface area contributed by atoms with Gasteiger partial charge in [0.05, 0.1) is 11.7 Å². The van der Waals surface area contributed by atoms with Crippen molar-refractivity contribution in [3.05, 3.63) is 29.6 Å².